The van der Waals surface area contributed by atoms with Crippen molar-refractivity contribution in [3.05, 3.63) is 54.9 Å². The van der Waals surface area contributed by atoms with Gasteiger partial charge in [-0.25, -0.2) is 13.6 Å². The van der Waals surface area contributed by atoms with Crippen LogP contribution in [0.15, 0.2) is 53.9 Å². The van der Waals surface area contributed by atoms with Crippen LogP contribution in [-0.2, 0) is 10.0 Å². The fourth-order valence-corrected chi connectivity index (χ4v) is 2.54. The SMILES string of the molecule is C=C(c1cn(-c2ccon2)c2ccccc12)S(N)(=O)=O. The number of primary sulfonamides is 1. The largest absolute Gasteiger partial charge is 0.363 e. The Hall–Kier alpha value is -2.38. The molecule has 2 aromatic heterocycles. The third-order valence-corrected chi connectivity index (χ3v) is 3.93. The topological polar surface area (TPSA) is 91.1 Å². The number of hydrogen-bond donors (Lipinski definition) is 1. The van der Waals surface area contributed by atoms with Gasteiger partial charge in [-0.1, -0.05) is 29.9 Å². The van der Waals surface area contributed by atoms with Crippen molar-refractivity contribution in [2.24, 2.45) is 5.14 Å². The average molecular weight is 289 g/mol. The minimum atomic E-state index is -3.85. The summed E-state index contributed by atoms with van der Waals surface area (Å²) >= 11 is 0. The number of hydrogen-bond acceptors (Lipinski definition) is 4. The van der Waals surface area contributed by atoms with Crippen molar-refractivity contribution in [1.29, 1.82) is 0 Å². The molecular formula is C13H11N3O3S. The number of nitrogens with two attached hydrogens (primary N) is 1. The van der Waals surface area contributed by atoms with Gasteiger partial charge >= 0.3 is 0 Å². The Kier molecular flexibility index (Phi) is 2.73. The van der Waals surface area contributed by atoms with Gasteiger partial charge in [0.25, 0.3) is 0 Å². The van der Waals surface area contributed by atoms with E-state index >= 15 is 0 Å². The van der Waals surface area contributed by atoms with Gasteiger partial charge < -0.3 is 4.52 Å². The molecule has 0 saturated carbocycles. The molecule has 0 aliphatic carbocycles. The number of rotatable bonds is 3. The summed E-state index contributed by atoms with van der Waals surface area (Å²) in [7, 11) is -3.85. The monoisotopic (exact) mass is 289 g/mol. The van der Waals surface area contributed by atoms with Crippen LogP contribution in [0, 0.1) is 0 Å². The first kappa shape index (κ1) is 12.6. The molecule has 0 amide bonds. The summed E-state index contributed by atoms with van der Waals surface area (Å²) in [6.07, 6.45) is 3.08. The Bertz CT molecular complexity index is 892. The van der Waals surface area contributed by atoms with E-state index in [1.165, 1.54) is 6.26 Å². The van der Waals surface area contributed by atoms with Crippen LogP contribution in [0.1, 0.15) is 5.56 Å². The lowest BCUT2D eigenvalue weighted by molar-refractivity contribution is 0.417. The van der Waals surface area contributed by atoms with Crippen LogP contribution in [0.3, 0.4) is 0 Å². The van der Waals surface area contributed by atoms with Gasteiger partial charge in [0.05, 0.1) is 10.4 Å². The van der Waals surface area contributed by atoms with Gasteiger partial charge in [-0.3, -0.25) is 4.57 Å². The number of sulfonamides is 1. The number of aromatic nitrogens is 2. The minimum absolute atomic E-state index is 0.129. The Morgan fingerprint density at radius 3 is 2.70 bits per heavy atom. The van der Waals surface area contributed by atoms with Crippen LogP contribution < -0.4 is 5.14 Å². The van der Waals surface area contributed by atoms with Crippen molar-refractivity contribution in [3.63, 3.8) is 0 Å². The summed E-state index contributed by atoms with van der Waals surface area (Å²) in [4.78, 5) is -0.129. The second-order valence-electron chi connectivity index (χ2n) is 4.26. The van der Waals surface area contributed by atoms with Crippen molar-refractivity contribution in [1.82, 2.24) is 9.72 Å². The van der Waals surface area contributed by atoms with Gasteiger partial charge in [0.1, 0.15) is 6.26 Å². The molecule has 0 fully saturated rings. The van der Waals surface area contributed by atoms with E-state index in [-0.39, 0.29) is 4.91 Å². The third-order valence-electron chi connectivity index (χ3n) is 3.03. The van der Waals surface area contributed by atoms with Gasteiger partial charge in [0.15, 0.2) is 5.82 Å². The van der Waals surface area contributed by atoms with Crippen LogP contribution in [0.5, 0.6) is 0 Å². The molecule has 2 heterocycles. The molecule has 20 heavy (non-hydrogen) atoms. The Morgan fingerprint density at radius 2 is 2.05 bits per heavy atom. The number of benzene rings is 1. The summed E-state index contributed by atoms with van der Waals surface area (Å²) in [6, 6.07) is 9.00. The van der Waals surface area contributed by atoms with Crippen LogP contribution in [0.25, 0.3) is 21.6 Å². The zero-order valence-electron chi connectivity index (χ0n) is 10.4. The van der Waals surface area contributed by atoms with Crippen molar-refractivity contribution >= 4 is 25.8 Å². The fourth-order valence-electron chi connectivity index (χ4n) is 2.08. The van der Waals surface area contributed by atoms with E-state index < -0.39 is 10.0 Å². The number of fused-ring (bicyclic) bond motifs is 1. The van der Waals surface area contributed by atoms with Crippen LogP contribution in [-0.4, -0.2) is 18.1 Å². The van der Waals surface area contributed by atoms with Gasteiger partial charge in [0, 0.05) is 23.2 Å². The summed E-state index contributed by atoms with van der Waals surface area (Å²) in [6.45, 7) is 3.57. The van der Waals surface area contributed by atoms with Crippen LogP contribution >= 0.6 is 0 Å². The van der Waals surface area contributed by atoms with Gasteiger partial charge in [-0.15, -0.1) is 0 Å². The molecule has 1 aromatic carbocycles. The van der Waals surface area contributed by atoms with E-state index in [0.717, 1.165) is 10.9 Å². The molecule has 3 aromatic rings. The zero-order valence-corrected chi connectivity index (χ0v) is 11.2. The normalized spacial score (nSPS) is 11.8. The number of nitrogens with zero attached hydrogens (tertiary/aromatic N) is 2. The summed E-state index contributed by atoms with van der Waals surface area (Å²) in [5, 5.41) is 9.74. The van der Waals surface area contributed by atoms with Crippen molar-refractivity contribution < 1.29 is 12.9 Å². The second kappa shape index (κ2) is 4.32. The quantitative estimate of drug-likeness (QED) is 0.797. The molecule has 0 atom stereocenters. The highest BCUT2D eigenvalue weighted by molar-refractivity contribution is 7.98. The van der Waals surface area contributed by atoms with Crippen molar-refractivity contribution in [3.8, 4) is 5.82 Å². The first-order chi connectivity index (χ1) is 9.48. The Morgan fingerprint density at radius 1 is 1.30 bits per heavy atom. The smallest absolute Gasteiger partial charge is 0.238 e. The Labute approximate surface area is 115 Å². The molecule has 6 nitrogen and oxygen atoms in total. The van der Waals surface area contributed by atoms with Crippen LogP contribution in [0.4, 0.5) is 0 Å². The highest BCUT2D eigenvalue weighted by Gasteiger charge is 2.19. The molecule has 0 bridgehead atoms. The molecule has 0 saturated heterocycles. The molecule has 102 valence electrons. The van der Waals surface area contributed by atoms with E-state index in [9.17, 15) is 8.42 Å². The van der Waals surface area contributed by atoms with E-state index in [1.807, 2.05) is 18.2 Å². The lowest BCUT2D eigenvalue weighted by Gasteiger charge is -2.00. The van der Waals surface area contributed by atoms with Crippen LogP contribution in [0.2, 0.25) is 0 Å². The first-order valence-corrected chi connectivity index (χ1v) is 7.26. The van der Waals surface area contributed by atoms with E-state index in [4.69, 9.17) is 9.66 Å². The molecule has 0 aliphatic heterocycles. The minimum Gasteiger partial charge on any atom is -0.363 e. The van der Waals surface area contributed by atoms with E-state index in [0.29, 0.717) is 11.4 Å². The predicted octanol–water partition coefficient (Wildman–Crippen LogP) is 1.88. The van der Waals surface area contributed by atoms with Gasteiger partial charge in [0.2, 0.25) is 10.0 Å². The first-order valence-electron chi connectivity index (χ1n) is 5.71. The lowest BCUT2D eigenvalue weighted by Crippen LogP contribution is -2.12. The number of para-hydroxylation sites is 1. The highest BCUT2D eigenvalue weighted by Crippen LogP contribution is 2.30. The predicted molar refractivity (Wildman–Crippen MR) is 75.5 cm³/mol. The molecule has 0 spiro atoms. The maximum Gasteiger partial charge on any atom is 0.238 e. The fraction of sp³-hybridized carbons (Fsp3) is 0. The molecule has 2 N–H and O–H groups in total. The second-order valence-corrected chi connectivity index (χ2v) is 5.84. The zero-order chi connectivity index (χ0) is 14.3. The van der Waals surface area contributed by atoms with Crippen molar-refractivity contribution in [2.45, 2.75) is 0 Å². The highest BCUT2D eigenvalue weighted by atomic mass is 32.2. The molecular weight excluding hydrogens is 278 g/mol. The summed E-state index contributed by atoms with van der Waals surface area (Å²) < 4.78 is 29.6. The van der Waals surface area contributed by atoms with Crippen molar-refractivity contribution in [2.75, 3.05) is 0 Å². The molecule has 0 aliphatic rings. The van der Waals surface area contributed by atoms with E-state index in [1.54, 1.807) is 22.9 Å². The van der Waals surface area contributed by atoms with Gasteiger partial charge in [-0.05, 0) is 6.07 Å². The molecule has 0 radical (unpaired) electrons. The maximum atomic E-state index is 11.5. The molecule has 7 heteroatoms. The lowest BCUT2D eigenvalue weighted by atomic mass is 10.2. The summed E-state index contributed by atoms with van der Waals surface area (Å²) in [5.74, 6) is 0.551. The molecule has 3 rings (SSSR count). The maximum absolute atomic E-state index is 11.5. The third kappa shape index (κ3) is 1.93. The average Bonchev–Trinajstić information content (AvgIpc) is 3.03. The van der Waals surface area contributed by atoms with E-state index in [2.05, 4.69) is 11.7 Å². The molecule has 0 unspecified atom stereocenters. The standard InChI is InChI=1S/C13H11N3O3S/c1-9(20(14,17)18)11-8-16(13-6-7-19-15-13)12-5-3-2-4-10(11)12/h2-8H,1H2,(H2,14,17,18). The summed E-state index contributed by atoms with van der Waals surface area (Å²) in [5.41, 5.74) is 1.24. The van der Waals surface area contributed by atoms with Gasteiger partial charge in [-0.2, -0.15) is 0 Å². The Balaban J connectivity index is 2.33.